The average Bonchev–Trinajstić information content (AvgIpc) is 2.80. The summed E-state index contributed by atoms with van der Waals surface area (Å²) in [6.45, 7) is 15.8. The predicted molar refractivity (Wildman–Crippen MR) is 101 cm³/mol. The first-order valence-electron chi connectivity index (χ1n) is 8.95. The molecule has 0 radical (unpaired) electrons. The normalized spacial score (nSPS) is 24.5. The first-order valence-corrected chi connectivity index (χ1v) is 11.9. The average molecular weight is 390 g/mol. The number of likely N-dealkylation sites (tertiary alicyclic amines) is 1. The summed E-state index contributed by atoms with van der Waals surface area (Å²) in [5, 5.41) is 11.0. The van der Waals surface area contributed by atoms with Gasteiger partial charge in [0.15, 0.2) is 8.32 Å². The fourth-order valence-corrected chi connectivity index (χ4v) is 3.52. The zero-order valence-corrected chi connectivity index (χ0v) is 18.6. The summed E-state index contributed by atoms with van der Waals surface area (Å²) in [7, 11) is -0.812. The Bertz CT molecular complexity index is 537. The van der Waals surface area contributed by atoms with Crippen LogP contribution in [0.4, 0.5) is 4.79 Å². The molecule has 2 atom stereocenters. The van der Waals surface area contributed by atoms with Crippen LogP contribution in [0, 0.1) is 0 Å². The van der Waals surface area contributed by atoms with Crippen LogP contribution in [0.2, 0.25) is 18.1 Å². The second-order valence-electron chi connectivity index (χ2n) is 9.62. The third-order valence-electron chi connectivity index (χ3n) is 5.02. The lowest BCUT2D eigenvalue weighted by Gasteiger charge is -2.38. The Morgan fingerprint density at radius 3 is 2.15 bits per heavy atom. The minimum Gasteiger partial charge on any atom is -0.467 e. The van der Waals surface area contributed by atoms with Gasteiger partial charge in [-0.05, 0) is 38.9 Å². The number of aliphatic hydroxyl groups is 1. The van der Waals surface area contributed by atoms with E-state index in [4.69, 9.17) is 13.9 Å². The van der Waals surface area contributed by atoms with Crippen molar-refractivity contribution in [3.05, 3.63) is 0 Å². The third-order valence-corrected chi connectivity index (χ3v) is 9.50. The highest BCUT2D eigenvalue weighted by molar-refractivity contribution is 6.74. The van der Waals surface area contributed by atoms with Gasteiger partial charge < -0.3 is 19.0 Å². The third kappa shape index (κ3) is 5.69. The Hall–Kier alpha value is -1.12. The van der Waals surface area contributed by atoms with Crippen LogP contribution in [-0.2, 0) is 18.7 Å². The van der Waals surface area contributed by atoms with E-state index in [9.17, 15) is 14.7 Å². The van der Waals surface area contributed by atoms with E-state index in [0.717, 1.165) is 0 Å². The molecule has 0 aromatic rings. The molecule has 0 saturated carbocycles. The van der Waals surface area contributed by atoms with Crippen LogP contribution in [0.15, 0.2) is 0 Å². The molecule has 1 unspecified atom stereocenters. The number of amides is 1. The molecule has 1 aliphatic heterocycles. The molecule has 0 aromatic heterocycles. The summed E-state index contributed by atoms with van der Waals surface area (Å²) in [5.41, 5.74) is -2.01. The molecular formula is C18H35NO6Si. The van der Waals surface area contributed by atoms with Gasteiger partial charge in [0.25, 0.3) is 0 Å². The lowest BCUT2D eigenvalue weighted by molar-refractivity contribution is -0.145. The molecule has 1 fully saturated rings. The highest BCUT2D eigenvalue weighted by Gasteiger charge is 2.51. The van der Waals surface area contributed by atoms with Gasteiger partial charge in [-0.15, -0.1) is 0 Å². The number of nitrogens with zero attached hydrogens (tertiary/aromatic N) is 1. The van der Waals surface area contributed by atoms with Gasteiger partial charge in [-0.3, -0.25) is 4.90 Å². The highest BCUT2D eigenvalue weighted by Crippen LogP contribution is 2.38. The second-order valence-corrected chi connectivity index (χ2v) is 14.4. The van der Waals surface area contributed by atoms with E-state index in [2.05, 4.69) is 33.9 Å². The Kier molecular flexibility index (Phi) is 6.59. The monoisotopic (exact) mass is 389 g/mol. The van der Waals surface area contributed by atoms with Crippen LogP contribution in [0.1, 0.15) is 48.0 Å². The van der Waals surface area contributed by atoms with E-state index < -0.39 is 37.6 Å². The fraction of sp³-hybridized carbons (Fsp3) is 0.889. The van der Waals surface area contributed by atoms with Crippen molar-refractivity contribution in [3.63, 3.8) is 0 Å². The number of hydrogen-bond donors (Lipinski definition) is 1. The lowest BCUT2D eigenvalue weighted by Crippen LogP contribution is -2.48. The number of rotatable bonds is 4. The highest BCUT2D eigenvalue weighted by atomic mass is 28.4. The largest absolute Gasteiger partial charge is 0.467 e. The molecule has 0 spiro atoms. The van der Waals surface area contributed by atoms with Crippen LogP contribution in [0.5, 0.6) is 0 Å². The van der Waals surface area contributed by atoms with Crippen molar-refractivity contribution in [2.75, 3.05) is 20.3 Å². The Morgan fingerprint density at radius 1 is 1.19 bits per heavy atom. The smallest absolute Gasteiger partial charge is 0.411 e. The van der Waals surface area contributed by atoms with Crippen molar-refractivity contribution in [3.8, 4) is 0 Å². The molecule has 1 rings (SSSR count). The standard InChI is InChI=1S/C18H35NO6Si/c1-16(2,3)25-15(21)19-11-18(22,10-13(19)14(20)23-7)12-24-26(8,9)17(4,5)6/h13,22H,10-12H2,1-9H3/t13-,18?/m0/s1. The molecule has 1 saturated heterocycles. The first kappa shape index (κ1) is 22.9. The van der Waals surface area contributed by atoms with E-state index in [1.165, 1.54) is 12.0 Å². The van der Waals surface area contributed by atoms with Crippen molar-refractivity contribution >= 4 is 20.4 Å². The Morgan fingerprint density at radius 2 is 1.73 bits per heavy atom. The predicted octanol–water partition coefficient (Wildman–Crippen LogP) is 2.92. The molecule has 1 amide bonds. The van der Waals surface area contributed by atoms with Crippen LogP contribution in [-0.4, -0.2) is 67.9 Å². The van der Waals surface area contributed by atoms with Crippen LogP contribution in [0.3, 0.4) is 0 Å². The van der Waals surface area contributed by atoms with Crippen LogP contribution < -0.4 is 0 Å². The lowest BCUT2D eigenvalue weighted by atomic mass is 10.0. The quantitative estimate of drug-likeness (QED) is 0.588. The van der Waals surface area contributed by atoms with E-state index in [-0.39, 0.29) is 24.6 Å². The van der Waals surface area contributed by atoms with Gasteiger partial charge in [0.2, 0.25) is 0 Å². The molecule has 1 aliphatic rings. The second kappa shape index (κ2) is 7.48. The zero-order chi connectivity index (χ0) is 20.6. The van der Waals surface area contributed by atoms with E-state index >= 15 is 0 Å². The number of esters is 1. The van der Waals surface area contributed by atoms with Gasteiger partial charge >= 0.3 is 12.1 Å². The molecule has 1 heterocycles. The van der Waals surface area contributed by atoms with Crippen LogP contribution in [0.25, 0.3) is 0 Å². The number of β-amino-alcohol motifs (C(OH)–C–C–N with tert-alkyl or cyclic N) is 1. The number of ether oxygens (including phenoxy) is 2. The van der Waals surface area contributed by atoms with Gasteiger partial charge in [0.05, 0.1) is 20.3 Å². The van der Waals surface area contributed by atoms with Crippen molar-refractivity contribution in [1.29, 1.82) is 0 Å². The molecule has 152 valence electrons. The maximum absolute atomic E-state index is 12.5. The number of carbonyl (C=O) groups is 2. The summed E-state index contributed by atoms with van der Waals surface area (Å²) < 4.78 is 16.3. The van der Waals surface area contributed by atoms with Gasteiger partial charge in [-0.1, -0.05) is 20.8 Å². The van der Waals surface area contributed by atoms with E-state index in [1.807, 2.05) is 0 Å². The van der Waals surface area contributed by atoms with Gasteiger partial charge in [-0.25, -0.2) is 9.59 Å². The molecular weight excluding hydrogens is 354 g/mol. The first-order chi connectivity index (χ1) is 11.5. The zero-order valence-electron chi connectivity index (χ0n) is 17.6. The summed E-state index contributed by atoms with van der Waals surface area (Å²) in [6, 6.07) is -0.886. The molecule has 0 aromatic carbocycles. The van der Waals surface area contributed by atoms with Crippen molar-refractivity contribution in [2.45, 2.75) is 83.3 Å². The van der Waals surface area contributed by atoms with Gasteiger partial charge in [0.1, 0.15) is 17.2 Å². The summed E-state index contributed by atoms with van der Waals surface area (Å²) >= 11 is 0. The summed E-state index contributed by atoms with van der Waals surface area (Å²) in [5.74, 6) is -0.570. The van der Waals surface area contributed by atoms with Gasteiger partial charge in [-0.2, -0.15) is 0 Å². The molecule has 0 bridgehead atoms. The SMILES string of the molecule is COC(=O)[C@@H]1CC(O)(CO[Si](C)(C)C(C)(C)C)CN1C(=O)OC(C)(C)C. The molecule has 7 nitrogen and oxygen atoms in total. The summed E-state index contributed by atoms with van der Waals surface area (Å²) in [4.78, 5) is 25.9. The maximum Gasteiger partial charge on any atom is 0.411 e. The minimum atomic E-state index is -2.08. The topological polar surface area (TPSA) is 85.3 Å². The van der Waals surface area contributed by atoms with Crippen molar-refractivity contribution in [2.24, 2.45) is 0 Å². The number of methoxy groups -OCH3 is 1. The Balaban J connectivity index is 2.95. The number of carbonyl (C=O) groups excluding carboxylic acids is 2. The van der Waals surface area contributed by atoms with E-state index in [1.54, 1.807) is 20.8 Å². The molecule has 1 N–H and O–H groups in total. The van der Waals surface area contributed by atoms with Crippen molar-refractivity contribution in [1.82, 2.24) is 4.90 Å². The molecule has 26 heavy (non-hydrogen) atoms. The minimum absolute atomic E-state index is 0.00539. The number of hydrogen-bond acceptors (Lipinski definition) is 6. The fourth-order valence-electron chi connectivity index (χ4n) is 2.46. The molecule has 0 aliphatic carbocycles. The Labute approximate surface area is 158 Å². The van der Waals surface area contributed by atoms with Crippen LogP contribution >= 0.6 is 0 Å². The van der Waals surface area contributed by atoms with Gasteiger partial charge in [0, 0.05) is 6.42 Å². The van der Waals surface area contributed by atoms with E-state index in [0.29, 0.717) is 0 Å². The summed E-state index contributed by atoms with van der Waals surface area (Å²) in [6.07, 6.45) is -0.579. The van der Waals surface area contributed by atoms with Crippen molar-refractivity contribution < 1.29 is 28.6 Å². The maximum atomic E-state index is 12.5. The molecule has 8 heteroatoms.